The van der Waals surface area contributed by atoms with Gasteiger partial charge in [0.1, 0.15) is 0 Å². The van der Waals surface area contributed by atoms with Gasteiger partial charge in [-0.3, -0.25) is 9.59 Å². The Morgan fingerprint density at radius 3 is 2.43 bits per heavy atom. The van der Waals surface area contributed by atoms with Gasteiger partial charge in [0, 0.05) is 24.7 Å². The van der Waals surface area contributed by atoms with Gasteiger partial charge in [0.05, 0.1) is 25.5 Å². The summed E-state index contributed by atoms with van der Waals surface area (Å²) < 4.78 is 10.4. The van der Waals surface area contributed by atoms with E-state index in [4.69, 9.17) is 9.47 Å². The monoisotopic (exact) mass is 384 g/mol. The number of aromatic carboxylic acids is 1. The topological polar surface area (TPSA) is 105 Å². The van der Waals surface area contributed by atoms with Crippen LogP contribution >= 0.6 is 0 Å². The first-order valence-electron chi connectivity index (χ1n) is 8.57. The molecule has 0 radical (unpaired) electrons. The highest BCUT2D eigenvalue weighted by Crippen LogP contribution is 2.37. The maximum Gasteiger partial charge on any atom is 0.335 e. The van der Waals surface area contributed by atoms with Gasteiger partial charge in [-0.05, 0) is 42.3 Å². The highest BCUT2D eigenvalue weighted by atomic mass is 16.5. The number of fused-ring (bicyclic) bond motifs is 1. The van der Waals surface area contributed by atoms with Crippen molar-refractivity contribution in [2.24, 2.45) is 0 Å². The standard InChI is InChI=1S/C20H20N2O6/c1-11(23)22-7-6-12-8-13(4-5-16(12)22)19(24)21-15-9-14(20(25)26)10-17(27-2)18(15)28-3/h4-5,8-10H,6-7H2,1-3H3,(H,21,24)(H,25,26). The minimum atomic E-state index is -1.15. The van der Waals surface area contributed by atoms with Crippen LogP contribution in [0.25, 0.3) is 0 Å². The summed E-state index contributed by atoms with van der Waals surface area (Å²) in [6.45, 7) is 2.09. The smallest absolute Gasteiger partial charge is 0.335 e. The molecule has 8 nitrogen and oxygen atoms in total. The number of nitrogens with one attached hydrogen (secondary N) is 1. The fourth-order valence-electron chi connectivity index (χ4n) is 3.25. The van der Waals surface area contributed by atoms with Crippen LogP contribution in [0.1, 0.15) is 33.2 Å². The van der Waals surface area contributed by atoms with Gasteiger partial charge in [-0.25, -0.2) is 4.79 Å². The van der Waals surface area contributed by atoms with Gasteiger partial charge in [0.25, 0.3) is 5.91 Å². The van der Waals surface area contributed by atoms with Crippen molar-refractivity contribution in [2.45, 2.75) is 13.3 Å². The summed E-state index contributed by atoms with van der Waals surface area (Å²) in [5, 5.41) is 12.0. The largest absolute Gasteiger partial charge is 0.493 e. The molecule has 0 fully saturated rings. The van der Waals surface area contributed by atoms with Gasteiger partial charge in [-0.15, -0.1) is 0 Å². The molecule has 0 bridgehead atoms. The van der Waals surface area contributed by atoms with Crippen molar-refractivity contribution in [3.8, 4) is 11.5 Å². The molecule has 0 saturated heterocycles. The molecule has 0 unspecified atom stereocenters. The molecular weight excluding hydrogens is 364 g/mol. The minimum absolute atomic E-state index is 0.0426. The van der Waals surface area contributed by atoms with Crippen LogP contribution in [0, 0.1) is 0 Å². The van der Waals surface area contributed by atoms with Crippen molar-refractivity contribution in [1.82, 2.24) is 0 Å². The molecule has 2 aromatic carbocycles. The minimum Gasteiger partial charge on any atom is -0.493 e. The van der Waals surface area contributed by atoms with Crippen LogP contribution in [0.15, 0.2) is 30.3 Å². The molecule has 1 aliphatic heterocycles. The predicted molar refractivity (Wildman–Crippen MR) is 103 cm³/mol. The summed E-state index contributed by atoms with van der Waals surface area (Å²) in [4.78, 5) is 37.4. The number of carbonyl (C=O) groups is 3. The number of carbonyl (C=O) groups excluding carboxylic acids is 2. The molecule has 0 spiro atoms. The third-order valence-electron chi connectivity index (χ3n) is 4.59. The number of hydrogen-bond donors (Lipinski definition) is 2. The number of anilines is 2. The Morgan fingerprint density at radius 2 is 1.82 bits per heavy atom. The molecular formula is C20H20N2O6. The maximum atomic E-state index is 12.7. The highest BCUT2D eigenvalue weighted by Gasteiger charge is 2.24. The van der Waals surface area contributed by atoms with E-state index in [1.165, 1.54) is 33.3 Å². The fraction of sp³-hybridized carbons (Fsp3) is 0.250. The second-order valence-corrected chi connectivity index (χ2v) is 6.28. The molecule has 1 aliphatic rings. The molecule has 1 heterocycles. The van der Waals surface area contributed by atoms with Crippen molar-refractivity contribution in [3.63, 3.8) is 0 Å². The predicted octanol–water partition coefficient (Wildman–Crippen LogP) is 2.56. The van der Waals surface area contributed by atoms with Crippen molar-refractivity contribution in [1.29, 1.82) is 0 Å². The third kappa shape index (κ3) is 3.48. The molecule has 8 heteroatoms. The van der Waals surface area contributed by atoms with Crippen LogP contribution in [-0.2, 0) is 11.2 Å². The summed E-state index contributed by atoms with van der Waals surface area (Å²) in [5.74, 6) is -1.20. The number of carboxylic acid groups (broad SMARTS) is 1. The number of benzene rings is 2. The lowest BCUT2D eigenvalue weighted by molar-refractivity contribution is -0.116. The molecule has 146 valence electrons. The SMILES string of the molecule is COc1cc(C(=O)O)cc(NC(=O)c2ccc3c(c2)CCN3C(C)=O)c1OC. The number of rotatable bonds is 5. The van der Waals surface area contributed by atoms with Crippen molar-refractivity contribution < 1.29 is 29.0 Å². The number of hydrogen-bond acceptors (Lipinski definition) is 5. The number of amides is 2. The van der Waals surface area contributed by atoms with E-state index in [1.807, 2.05) is 0 Å². The van der Waals surface area contributed by atoms with E-state index in [0.717, 1.165) is 11.3 Å². The summed E-state index contributed by atoms with van der Waals surface area (Å²) >= 11 is 0. The van der Waals surface area contributed by atoms with E-state index in [1.54, 1.807) is 23.1 Å². The quantitative estimate of drug-likeness (QED) is 0.821. The summed E-state index contributed by atoms with van der Waals surface area (Å²) in [7, 11) is 2.79. The van der Waals surface area contributed by atoms with Crippen LogP contribution in [0.2, 0.25) is 0 Å². The average Bonchev–Trinajstić information content (AvgIpc) is 3.10. The average molecular weight is 384 g/mol. The molecule has 0 aliphatic carbocycles. The second-order valence-electron chi connectivity index (χ2n) is 6.28. The lowest BCUT2D eigenvalue weighted by Crippen LogP contribution is -2.25. The van der Waals surface area contributed by atoms with E-state index >= 15 is 0 Å². The zero-order valence-corrected chi connectivity index (χ0v) is 15.7. The first kappa shape index (κ1) is 19.2. The van der Waals surface area contributed by atoms with Gasteiger partial charge in [0.2, 0.25) is 5.91 Å². The lowest BCUT2D eigenvalue weighted by Gasteiger charge is -2.16. The van der Waals surface area contributed by atoms with Crippen LogP contribution < -0.4 is 19.7 Å². The fourth-order valence-corrected chi connectivity index (χ4v) is 3.25. The summed E-state index contributed by atoms with van der Waals surface area (Å²) in [6.07, 6.45) is 0.668. The Labute approximate surface area is 161 Å². The Bertz CT molecular complexity index is 969. The molecule has 28 heavy (non-hydrogen) atoms. The molecule has 0 saturated carbocycles. The third-order valence-corrected chi connectivity index (χ3v) is 4.59. The highest BCUT2D eigenvalue weighted by molar-refractivity contribution is 6.07. The van der Waals surface area contributed by atoms with Gasteiger partial charge < -0.3 is 24.8 Å². The van der Waals surface area contributed by atoms with Crippen molar-refractivity contribution >= 4 is 29.2 Å². The van der Waals surface area contributed by atoms with Gasteiger partial charge in [-0.2, -0.15) is 0 Å². The second kappa shape index (κ2) is 7.59. The molecule has 0 atom stereocenters. The lowest BCUT2D eigenvalue weighted by atomic mass is 10.1. The Balaban J connectivity index is 1.92. The van der Waals surface area contributed by atoms with Crippen LogP contribution in [-0.4, -0.2) is 43.7 Å². The zero-order chi connectivity index (χ0) is 20.4. The normalized spacial score (nSPS) is 12.3. The number of methoxy groups -OCH3 is 2. The number of nitrogens with zero attached hydrogens (tertiary/aromatic N) is 1. The van der Waals surface area contributed by atoms with E-state index < -0.39 is 11.9 Å². The first-order chi connectivity index (χ1) is 13.3. The molecule has 0 aromatic heterocycles. The maximum absolute atomic E-state index is 12.7. The van der Waals surface area contributed by atoms with E-state index in [2.05, 4.69) is 5.32 Å². The molecule has 2 amide bonds. The summed E-state index contributed by atoms with van der Waals surface area (Å²) in [6, 6.07) is 7.73. The summed E-state index contributed by atoms with van der Waals surface area (Å²) in [5.41, 5.74) is 2.25. The Hall–Kier alpha value is -3.55. The van der Waals surface area contributed by atoms with E-state index in [9.17, 15) is 19.5 Å². The van der Waals surface area contributed by atoms with Crippen LogP contribution in [0.3, 0.4) is 0 Å². The van der Waals surface area contributed by atoms with E-state index in [-0.39, 0.29) is 28.7 Å². The molecule has 2 N–H and O–H groups in total. The Morgan fingerprint density at radius 1 is 1.07 bits per heavy atom. The van der Waals surface area contributed by atoms with Crippen LogP contribution in [0.4, 0.5) is 11.4 Å². The van der Waals surface area contributed by atoms with Gasteiger partial charge in [-0.1, -0.05) is 0 Å². The number of ether oxygens (including phenoxy) is 2. The molecule has 3 rings (SSSR count). The number of carboxylic acids is 1. The Kier molecular flexibility index (Phi) is 5.21. The van der Waals surface area contributed by atoms with Gasteiger partial charge >= 0.3 is 5.97 Å². The zero-order valence-electron chi connectivity index (χ0n) is 15.7. The van der Waals surface area contributed by atoms with Gasteiger partial charge in [0.15, 0.2) is 11.5 Å². The first-order valence-corrected chi connectivity index (χ1v) is 8.57. The van der Waals surface area contributed by atoms with Crippen molar-refractivity contribution in [2.75, 3.05) is 31.0 Å². The van der Waals surface area contributed by atoms with Crippen molar-refractivity contribution in [3.05, 3.63) is 47.0 Å². The van der Waals surface area contributed by atoms with E-state index in [0.29, 0.717) is 18.5 Å². The van der Waals surface area contributed by atoms with Crippen LogP contribution in [0.5, 0.6) is 11.5 Å². The molecule has 2 aromatic rings.